The molecular formula is C19H20N6O. The van der Waals surface area contributed by atoms with Crippen molar-refractivity contribution in [2.75, 3.05) is 11.4 Å². The van der Waals surface area contributed by atoms with Crippen LogP contribution in [0.5, 0.6) is 0 Å². The van der Waals surface area contributed by atoms with Crippen LogP contribution in [0.25, 0.3) is 5.82 Å². The Labute approximate surface area is 151 Å². The summed E-state index contributed by atoms with van der Waals surface area (Å²) in [6, 6.07) is 11.8. The minimum absolute atomic E-state index is 0.00454. The van der Waals surface area contributed by atoms with Gasteiger partial charge in [-0.25, -0.2) is 14.6 Å². The summed E-state index contributed by atoms with van der Waals surface area (Å²) < 4.78 is 1.60. The highest BCUT2D eigenvalue weighted by atomic mass is 16.2. The molecule has 3 aromatic rings. The Morgan fingerprint density at radius 1 is 1.27 bits per heavy atom. The SMILES string of the molecule is C[C@H](C(=O)NCc1cccnc1-n1cncn1)N1CCc2ccccc21. The van der Waals surface area contributed by atoms with E-state index in [0.717, 1.165) is 24.2 Å². The van der Waals surface area contributed by atoms with E-state index in [4.69, 9.17) is 0 Å². The number of anilines is 1. The first-order valence-electron chi connectivity index (χ1n) is 8.65. The van der Waals surface area contributed by atoms with E-state index in [1.54, 1.807) is 17.2 Å². The van der Waals surface area contributed by atoms with Gasteiger partial charge in [0.2, 0.25) is 5.91 Å². The van der Waals surface area contributed by atoms with Gasteiger partial charge in [-0.05, 0) is 31.0 Å². The van der Waals surface area contributed by atoms with Crippen LogP contribution in [-0.4, -0.2) is 38.2 Å². The van der Waals surface area contributed by atoms with Crippen LogP contribution >= 0.6 is 0 Å². The van der Waals surface area contributed by atoms with Crippen molar-refractivity contribution in [3.63, 3.8) is 0 Å². The Balaban J connectivity index is 1.45. The molecule has 0 aliphatic carbocycles. The average molecular weight is 348 g/mol. The van der Waals surface area contributed by atoms with Crippen LogP contribution in [0.15, 0.2) is 55.2 Å². The number of carbonyl (C=O) groups is 1. The quantitative estimate of drug-likeness (QED) is 0.760. The van der Waals surface area contributed by atoms with E-state index in [1.807, 2.05) is 31.2 Å². The van der Waals surface area contributed by atoms with Gasteiger partial charge in [0.1, 0.15) is 18.7 Å². The van der Waals surface area contributed by atoms with Crippen molar-refractivity contribution in [2.45, 2.75) is 25.9 Å². The zero-order chi connectivity index (χ0) is 17.9. The molecule has 0 fully saturated rings. The van der Waals surface area contributed by atoms with Gasteiger partial charge in [0.05, 0.1) is 0 Å². The molecule has 3 heterocycles. The Morgan fingerprint density at radius 3 is 3.00 bits per heavy atom. The monoisotopic (exact) mass is 348 g/mol. The first-order valence-corrected chi connectivity index (χ1v) is 8.65. The molecule has 0 unspecified atom stereocenters. The van der Waals surface area contributed by atoms with Gasteiger partial charge in [0, 0.05) is 30.5 Å². The molecule has 4 rings (SSSR count). The van der Waals surface area contributed by atoms with Crippen molar-refractivity contribution < 1.29 is 4.79 Å². The van der Waals surface area contributed by atoms with Gasteiger partial charge in [0.15, 0.2) is 5.82 Å². The summed E-state index contributed by atoms with van der Waals surface area (Å²) in [7, 11) is 0. The highest BCUT2D eigenvalue weighted by Gasteiger charge is 2.27. The summed E-state index contributed by atoms with van der Waals surface area (Å²) >= 11 is 0. The fourth-order valence-electron chi connectivity index (χ4n) is 3.33. The molecule has 0 bridgehead atoms. The summed E-state index contributed by atoms with van der Waals surface area (Å²) in [6.45, 7) is 3.20. The van der Waals surface area contributed by atoms with Gasteiger partial charge in [-0.2, -0.15) is 5.10 Å². The minimum atomic E-state index is -0.231. The maximum Gasteiger partial charge on any atom is 0.242 e. The Hall–Kier alpha value is -3.22. The molecule has 7 heteroatoms. The van der Waals surface area contributed by atoms with E-state index >= 15 is 0 Å². The molecular weight excluding hydrogens is 328 g/mol. The number of aromatic nitrogens is 4. The molecule has 7 nitrogen and oxygen atoms in total. The molecule has 1 amide bonds. The van der Waals surface area contributed by atoms with Crippen LogP contribution in [0.1, 0.15) is 18.1 Å². The van der Waals surface area contributed by atoms with Crippen molar-refractivity contribution in [3.05, 3.63) is 66.4 Å². The molecule has 1 N–H and O–H groups in total. The normalized spacial score (nSPS) is 14.1. The summed E-state index contributed by atoms with van der Waals surface area (Å²) in [6.07, 6.45) is 5.74. The number of para-hydroxylation sites is 1. The van der Waals surface area contributed by atoms with Gasteiger partial charge < -0.3 is 10.2 Å². The lowest BCUT2D eigenvalue weighted by Gasteiger charge is -2.26. The van der Waals surface area contributed by atoms with E-state index in [1.165, 1.54) is 11.9 Å². The van der Waals surface area contributed by atoms with Crippen LogP contribution in [0.3, 0.4) is 0 Å². The second-order valence-corrected chi connectivity index (χ2v) is 6.29. The Kier molecular flexibility index (Phi) is 4.35. The van der Waals surface area contributed by atoms with Gasteiger partial charge >= 0.3 is 0 Å². The lowest BCUT2D eigenvalue weighted by Crippen LogP contribution is -2.44. The van der Waals surface area contributed by atoms with Crippen LogP contribution in [0, 0.1) is 0 Å². The number of hydrogen-bond acceptors (Lipinski definition) is 5. The Morgan fingerprint density at radius 2 is 2.15 bits per heavy atom. The van der Waals surface area contributed by atoms with Crippen LogP contribution in [0.2, 0.25) is 0 Å². The second-order valence-electron chi connectivity index (χ2n) is 6.29. The number of nitrogens with one attached hydrogen (secondary N) is 1. The molecule has 0 saturated heterocycles. The molecule has 1 aliphatic heterocycles. The molecule has 0 radical (unpaired) electrons. The van der Waals surface area contributed by atoms with Gasteiger partial charge in [-0.3, -0.25) is 4.79 Å². The van der Waals surface area contributed by atoms with Crippen LogP contribution in [-0.2, 0) is 17.8 Å². The fourth-order valence-corrected chi connectivity index (χ4v) is 3.33. The first kappa shape index (κ1) is 16.3. The molecule has 1 aliphatic rings. The zero-order valence-electron chi connectivity index (χ0n) is 14.5. The van der Waals surface area contributed by atoms with Crippen LogP contribution < -0.4 is 10.2 Å². The number of nitrogens with zero attached hydrogens (tertiary/aromatic N) is 5. The average Bonchev–Trinajstić information content (AvgIpc) is 3.35. The number of rotatable bonds is 5. The van der Waals surface area contributed by atoms with E-state index in [-0.39, 0.29) is 11.9 Å². The molecule has 0 spiro atoms. The smallest absolute Gasteiger partial charge is 0.242 e. The van der Waals surface area contributed by atoms with Crippen molar-refractivity contribution in [1.29, 1.82) is 0 Å². The largest absolute Gasteiger partial charge is 0.359 e. The first-order chi connectivity index (χ1) is 12.7. The number of fused-ring (bicyclic) bond motifs is 1. The summed E-state index contributed by atoms with van der Waals surface area (Å²) in [5.74, 6) is 0.666. The predicted octanol–water partition coefficient (Wildman–Crippen LogP) is 1.73. The maximum atomic E-state index is 12.7. The zero-order valence-corrected chi connectivity index (χ0v) is 14.5. The van der Waals surface area contributed by atoms with Gasteiger partial charge in [0.25, 0.3) is 0 Å². The molecule has 2 aromatic heterocycles. The van der Waals surface area contributed by atoms with E-state index < -0.39 is 0 Å². The van der Waals surface area contributed by atoms with Crippen molar-refractivity contribution in [2.24, 2.45) is 0 Å². The van der Waals surface area contributed by atoms with Crippen LogP contribution in [0.4, 0.5) is 5.69 Å². The second kappa shape index (κ2) is 6.95. The summed E-state index contributed by atoms with van der Waals surface area (Å²) in [5.41, 5.74) is 3.34. The van der Waals surface area contributed by atoms with E-state index in [0.29, 0.717) is 12.4 Å². The van der Waals surface area contributed by atoms with Crippen molar-refractivity contribution >= 4 is 11.6 Å². The van der Waals surface area contributed by atoms with Gasteiger partial charge in [-0.1, -0.05) is 24.3 Å². The maximum absolute atomic E-state index is 12.7. The molecule has 26 heavy (non-hydrogen) atoms. The third-order valence-electron chi connectivity index (χ3n) is 4.73. The number of amides is 1. The lowest BCUT2D eigenvalue weighted by molar-refractivity contribution is -0.122. The highest BCUT2D eigenvalue weighted by molar-refractivity contribution is 5.85. The van der Waals surface area contributed by atoms with Crippen molar-refractivity contribution in [3.8, 4) is 5.82 Å². The minimum Gasteiger partial charge on any atom is -0.359 e. The number of benzene rings is 1. The highest BCUT2D eigenvalue weighted by Crippen LogP contribution is 2.29. The van der Waals surface area contributed by atoms with E-state index in [9.17, 15) is 4.79 Å². The molecule has 132 valence electrons. The third kappa shape index (κ3) is 3.03. The standard InChI is InChI=1S/C19H20N6O/c1-14(24-10-8-15-5-2-3-7-17(15)24)19(26)22-11-16-6-4-9-21-18(16)25-13-20-12-23-25/h2-7,9,12-14H,8,10-11H2,1H3,(H,22,26)/t14-/m1/s1. The third-order valence-corrected chi connectivity index (χ3v) is 4.73. The van der Waals surface area contributed by atoms with E-state index in [2.05, 4.69) is 37.4 Å². The number of carbonyl (C=O) groups excluding carboxylic acids is 1. The number of pyridine rings is 1. The lowest BCUT2D eigenvalue weighted by atomic mass is 10.1. The topological polar surface area (TPSA) is 75.9 Å². The summed E-state index contributed by atoms with van der Waals surface area (Å²) in [5, 5.41) is 7.15. The molecule has 1 atom stereocenters. The predicted molar refractivity (Wildman–Crippen MR) is 98.0 cm³/mol. The molecule has 0 saturated carbocycles. The van der Waals surface area contributed by atoms with Gasteiger partial charge in [-0.15, -0.1) is 0 Å². The Bertz CT molecular complexity index is 908. The summed E-state index contributed by atoms with van der Waals surface area (Å²) in [4.78, 5) is 23.2. The fraction of sp³-hybridized carbons (Fsp3) is 0.263. The molecule has 1 aromatic carbocycles. The number of hydrogen-bond donors (Lipinski definition) is 1. The van der Waals surface area contributed by atoms with Crippen molar-refractivity contribution in [1.82, 2.24) is 25.1 Å².